The van der Waals surface area contributed by atoms with Crippen molar-refractivity contribution in [1.29, 1.82) is 0 Å². The zero-order valence-corrected chi connectivity index (χ0v) is 14.1. The van der Waals surface area contributed by atoms with Crippen LogP contribution in [0.4, 0.5) is 0 Å². The second-order valence-corrected chi connectivity index (χ2v) is 7.54. The molecule has 0 unspecified atom stereocenters. The van der Waals surface area contributed by atoms with E-state index in [9.17, 15) is 8.42 Å². The molecule has 1 heterocycles. The third-order valence-electron chi connectivity index (χ3n) is 3.91. The monoisotopic (exact) mass is 313 g/mol. The van der Waals surface area contributed by atoms with E-state index in [-0.39, 0.29) is 0 Å². The normalized spacial score (nSPS) is 15.8. The molecule has 1 aliphatic rings. The Morgan fingerprint density at radius 2 is 2.05 bits per heavy atom. The highest BCUT2D eigenvalue weighted by Crippen LogP contribution is 2.22. The van der Waals surface area contributed by atoms with Crippen LogP contribution in [0.1, 0.15) is 45.7 Å². The first-order chi connectivity index (χ1) is 10.0. The van der Waals surface area contributed by atoms with Gasteiger partial charge in [-0.1, -0.05) is 13.8 Å². The fraction of sp³-hybridized carbons (Fsp3) is 0.733. The van der Waals surface area contributed by atoms with Gasteiger partial charge in [-0.2, -0.15) is 4.31 Å². The smallest absolute Gasteiger partial charge is 0.244 e. The summed E-state index contributed by atoms with van der Waals surface area (Å²) in [6.45, 7) is 8.56. The topological polar surface area (TPSA) is 54.3 Å². The molecule has 0 aliphatic heterocycles. The van der Waals surface area contributed by atoms with Crippen LogP contribution < -0.4 is 5.32 Å². The minimum Gasteiger partial charge on any atom is -0.349 e. The lowest BCUT2D eigenvalue weighted by molar-refractivity contribution is 0.427. The Labute approximate surface area is 128 Å². The lowest BCUT2D eigenvalue weighted by Crippen LogP contribution is -2.31. The van der Waals surface area contributed by atoms with Crippen LogP contribution in [0.15, 0.2) is 17.2 Å². The first-order valence-corrected chi connectivity index (χ1v) is 9.39. The van der Waals surface area contributed by atoms with Crippen LogP contribution in [0.3, 0.4) is 0 Å². The highest BCUT2D eigenvalue weighted by atomic mass is 32.2. The molecule has 1 aliphatic carbocycles. The standard InChI is InChI=1S/C15H27N3O2S/c1-4-9-18(6-3)21(19,20)15-10-14(17(5-2)12-15)11-16-13-7-8-13/h10,12-13,16H,4-9,11H2,1-3H3. The molecule has 1 N–H and O–H groups in total. The van der Waals surface area contributed by atoms with Gasteiger partial charge in [-0.25, -0.2) is 8.42 Å². The fourth-order valence-corrected chi connectivity index (χ4v) is 4.10. The van der Waals surface area contributed by atoms with E-state index in [2.05, 4.69) is 5.32 Å². The van der Waals surface area contributed by atoms with E-state index in [4.69, 9.17) is 0 Å². The van der Waals surface area contributed by atoms with E-state index in [0.717, 1.165) is 25.2 Å². The van der Waals surface area contributed by atoms with Crippen LogP contribution in [-0.4, -0.2) is 36.4 Å². The van der Waals surface area contributed by atoms with Crippen LogP contribution in [-0.2, 0) is 23.1 Å². The molecule has 120 valence electrons. The van der Waals surface area contributed by atoms with Crippen LogP contribution in [0.2, 0.25) is 0 Å². The lowest BCUT2D eigenvalue weighted by Gasteiger charge is -2.18. The van der Waals surface area contributed by atoms with E-state index in [1.807, 2.05) is 31.4 Å². The van der Waals surface area contributed by atoms with Gasteiger partial charge in [0.1, 0.15) is 4.90 Å². The third kappa shape index (κ3) is 3.87. The van der Waals surface area contributed by atoms with Crippen molar-refractivity contribution in [3.8, 4) is 0 Å². The number of nitrogens with zero attached hydrogens (tertiary/aromatic N) is 2. The van der Waals surface area contributed by atoms with Crippen molar-refractivity contribution in [1.82, 2.24) is 14.2 Å². The molecule has 0 atom stereocenters. The van der Waals surface area contributed by atoms with Crippen molar-refractivity contribution in [2.75, 3.05) is 13.1 Å². The molecule has 6 heteroatoms. The zero-order chi connectivity index (χ0) is 15.5. The first kappa shape index (κ1) is 16.5. The van der Waals surface area contributed by atoms with Gasteiger partial charge >= 0.3 is 0 Å². The maximum absolute atomic E-state index is 12.7. The molecule has 1 saturated carbocycles. The van der Waals surface area contributed by atoms with Crippen molar-refractivity contribution in [3.05, 3.63) is 18.0 Å². The SMILES string of the molecule is CCCN(CC)S(=O)(=O)c1cc(CNC2CC2)n(CC)c1. The summed E-state index contributed by atoms with van der Waals surface area (Å²) >= 11 is 0. The Morgan fingerprint density at radius 3 is 2.57 bits per heavy atom. The Balaban J connectivity index is 2.21. The van der Waals surface area contributed by atoms with Crippen LogP contribution in [0, 0.1) is 0 Å². The molecule has 0 radical (unpaired) electrons. The second kappa shape index (κ2) is 6.94. The zero-order valence-electron chi connectivity index (χ0n) is 13.3. The lowest BCUT2D eigenvalue weighted by atomic mass is 10.4. The maximum atomic E-state index is 12.7. The Morgan fingerprint density at radius 1 is 1.33 bits per heavy atom. The highest BCUT2D eigenvalue weighted by Gasteiger charge is 2.25. The van der Waals surface area contributed by atoms with Gasteiger partial charge in [0, 0.05) is 44.1 Å². The summed E-state index contributed by atoms with van der Waals surface area (Å²) in [5.41, 5.74) is 1.05. The molecule has 21 heavy (non-hydrogen) atoms. The summed E-state index contributed by atoms with van der Waals surface area (Å²) in [5.74, 6) is 0. The predicted octanol–water partition coefficient (Wildman–Crippen LogP) is 2.18. The van der Waals surface area contributed by atoms with E-state index in [1.54, 1.807) is 10.5 Å². The molecule has 1 aromatic heterocycles. The van der Waals surface area contributed by atoms with E-state index >= 15 is 0 Å². The van der Waals surface area contributed by atoms with Gasteiger partial charge in [0.25, 0.3) is 0 Å². The molecule has 0 saturated heterocycles. The van der Waals surface area contributed by atoms with Crippen molar-refractivity contribution in [2.24, 2.45) is 0 Å². The number of sulfonamides is 1. The summed E-state index contributed by atoms with van der Waals surface area (Å²) < 4.78 is 28.9. The molecule has 5 nitrogen and oxygen atoms in total. The molecule has 0 aromatic carbocycles. The summed E-state index contributed by atoms with van der Waals surface area (Å²) in [6.07, 6.45) is 5.07. The minimum absolute atomic E-state index is 0.423. The van der Waals surface area contributed by atoms with Crippen LogP contribution >= 0.6 is 0 Å². The molecular weight excluding hydrogens is 286 g/mol. The molecular formula is C15H27N3O2S. The molecule has 0 amide bonds. The van der Waals surface area contributed by atoms with Gasteiger partial charge < -0.3 is 9.88 Å². The van der Waals surface area contributed by atoms with Gasteiger partial charge in [-0.15, -0.1) is 0 Å². The largest absolute Gasteiger partial charge is 0.349 e. The quantitative estimate of drug-likeness (QED) is 0.760. The first-order valence-electron chi connectivity index (χ1n) is 7.95. The van der Waals surface area contributed by atoms with Crippen molar-refractivity contribution in [3.63, 3.8) is 0 Å². The van der Waals surface area contributed by atoms with E-state index in [1.165, 1.54) is 12.8 Å². The molecule has 0 spiro atoms. The van der Waals surface area contributed by atoms with Gasteiger partial charge in [-0.3, -0.25) is 0 Å². The van der Waals surface area contributed by atoms with Crippen molar-refractivity contribution in [2.45, 2.75) is 64.1 Å². The van der Waals surface area contributed by atoms with Gasteiger partial charge in [0.2, 0.25) is 10.0 Å². The van der Waals surface area contributed by atoms with Gasteiger partial charge in [0.05, 0.1) is 0 Å². The summed E-state index contributed by atoms with van der Waals surface area (Å²) in [7, 11) is -3.36. The predicted molar refractivity (Wildman–Crippen MR) is 84.7 cm³/mol. The molecule has 1 fully saturated rings. The van der Waals surface area contributed by atoms with E-state index < -0.39 is 10.0 Å². The summed E-state index contributed by atoms with van der Waals surface area (Å²) in [6, 6.07) is 2.45. The van der Waals surface area contributed by atoms with Crippen LogP contribution in [0.25, 0.3) is 0 Å². The number of nitrogens with one attached hydrogen (secondary N) is 1. The van der Waals surface area contributed by atoms with E-state index in [0.29, 0.717) is 24.0 Å². The molecule has 0 bridgehead atoms. The second-order valence-electron chi connectivity index (χ2n) is 5.61. The Bertz CT molecular complexity index is 561. The van der Waals surface area contributed by atoms with Crippen LogP contribution in [0.5, 0.6) is 0 Å². The minimum atomic E-state index is -3.36. The average molecular weight is 313 g/mol. The number of aryl methyl sites for hydroxylation is 1. The molecule has 2 rings (SSSR count). The van der Waals surface area contributed by atoms with Gasteiger partial charge in [-0.05, 0) is 32.3 Å². The number of hydrogen-bond donors (Lipinski definition) is 1. The number of hydrogen-bond acceptors (Lipinski definition) is 3. The van der Waals surface area contributed by atoms with Crippen molar-refractivity contribution < 1.29 is 8.42 Å². The Kier molecular flexibility index (Phi) is 5.46. The highest BCUT2D eigenvalue weighted by molar-refractivity contribution is 7.89. The van der Waals surface area contributed by atoms with Crippen molar-refractivity contribution >= 4 is 10.0 Å². The average Bonchev–Trinajstić information content (AvgIpc) is 3.20. The molecule has 1 aromatic rings. The van der Waals surface area contributed by atoms with Gasteiger partial charge in [0.15, 0.2) is 0 Å². The number of aromatic nitrogens is 1. The maximum Gasteiger partial charge on any atom is 0.244 e. The summed E-state index contributed by atoms with van der Waals surface area (Å²) in [5, 5.41) is 3.45. The Hall–Kier alpha value is -0.850. The fourth-order valence-electron chi connectivity index (χ4n) is 2.49. The third-order valence-corrected chi connectivity index (χ3v) is 5.85. The number of rotatable bonds is 9. The summed E-state index contributed by atoms with van der Waals surface area (Å²) in [4.78, 5) is 0.423.